The average molecular weight is 244 g/mol. The van der Waals surface area contributed by atoms with Gasteiger partial charge in [-0.2, -0.15) is 0 Å². The number of hydrogen-bond acceptors (Lipinski definition) is 1. The van der Waals surface area contributed by atoms with Crippen LogP contribution in [-0.2, 0) is 0 Å². The molecule has 86 valence electrons. The van der Waals surface area contributed by atoms with Gasteiger partial charge in [0.1, 0.15) is 0 Å². The van der Waals surface area contributed by atoms with Crippen LogP contribution in [0.4, 0.5) is 0 Å². The summed E-state index contributed by atoms with van der Waals surface area (Å²) in [7, 11) is 0. The molecule has 0 fully saturated rings. The van der Waals surface area contributed by atoms with Crippen molar-refractivity contribution in [1.82, 2.24) is 0 Å². The monoisotopic (exact) mass is 243 g/mol. The average Bonchev–Trinajstić information content (AvgIpc) is 2.38. The van der Waals surface area contributed by atoms with E-state index in [1.165, 1.54) is 5.56 Å². The molecule has 0 aromatic heterocycles. The molecule has 2 heteroatoms. The van der Waals surface area contributed by atoms with Crippen LogP contribution >= 0.6 is 11.6 Å². The van der Waals surface area contributed by atoms with Gasteiger partial charge in [0.15, 0.2) is 0 Å². The molecule has 0 bridgehead atoms. The van der Waals surface area contributed by atoms with Gasteiger partial charge in [-0.1, -0.05) is 54.1 Å². The first kappa shape index (κ1) is 11.9. The molecule has 0 aliphatic carbocycles. The topological polar surface area (TPSA) is 12.4 Å². The van der Waals surface area contributed by atoms with Gasteiger partial charge in [-0.3, -0.25) is 4.99 Å². The van der Waals surface area contributed by atoms with Crippen molar-refractivity contribution in [2.75, 3.05) is 0 Å². The lowest BCUT2D eigenvalue weighted by Gasteiger charge is -2.06. The van der Waals surface area contributed by atoms with Gasteiger partial charge >= 0.3 is 0 Å². The number of nitrogens with zero attached hydrogens (tertiary/aromatic N) is 1. The van der Waals surface area contributed by atoms with E-state index in [1.54, 1.807) is 0 Å². The Morgan fingerprint density at radius 2 is 1.65 bits per heavy atom. The summed E-state index contributed by atoms with van der Waals surface area (Å²) in [6.07, 6.45) is 1.90. The van der Waals surface area contributed by atoms with Crippen LogP contribution in [0.15, 0.2) is 59.6 Å². The fourth-order valence-corrected chi connectivity index (χ4v) is 1.69. The van der Waals surface area contributed by atoms with E-state index in [4.69, 9.17) is 11.6 Å². The molecule has 0 aliphatic rings. The van der Waals surface area contributed by atoms with Gasteiger partial charge in [-0.05, 0) is 30.2 Å². The fraction of sp³-hybridized carbons (Fsp3) is 0.133. The largest absolute Gasteiger partial charge is 0.285 e. The van der Waals surface area contributed by atoms with Crippen molar-refractivity contribution < 1.29 is 0 Å². The van der Waals surface area contributed by atoms with E-state index in [2.05, 4.69) is 11.9 Å². The molecule has 1 atom stereocenters. The Morgan fingerprint density at radius 3 is 2.29 bits per heavy atom. The summed E-state index contributed by atoms with van der Waals surface area (Å²) in [5.74, 6) is 0. The molecule has 2 rings (SSSR count). The van der Waals surface area contributed by atoms with E-state index in [9.17, 15) is 0 Å². The first-order valence-corrected chi connectivity index (χ1v) is 5.97. The summed E-state index contributed by atoms with van der Waals surface area (Å²) in [6, 6.07) is 18.0. The molecule has 0 saturated heterocycles. The molecular weight excluding hydrogens is 230 g/mol. The predicted molar refractivity (Wildman–Crippen MR) is 73.9 cm³/mol. The van der Waals surface area contributed by atoms with Gasteiger partial charge in [0.2, 0.25) is 0 Å². The summed E-state index contributed by atoms with van der Waals surface area (Å²) < 4.78 is 0. The summed E-state index contributed by atoms with van der Waals surface area (Å²) in [5, 5.41) is 0.757. The molecular formula is C15H14ClN. The molecule has 17 heavy (non-hydrogen) atoms. The van der Waals surface area contributed by atoms with Gasteiger partial charge in [-0.15, -0.1) is 0 Å². The molecule has 0 unspecified atom stereocenters. The quantitative estimate of drug-likeness (QED) is 0.703. The molecule has 0 heterocycles. The lowest BCUT2D eigenvalue weighted by molar-refractivity contribution is 0.825. The lowest BCUT2D eigenvalue weighted by Crippen LogP contribution is -1.90. The van der Waals surface area contributed by atoms with Gasteiger partial charge in [0.05, 0.1) is 6.04 Å². The maximum absolute atomic E-state index is 5.85. The molecule has 0 spiro atoms. The molecule has 0 N–H and O–H groups in total. The van der Waals surface area contributed by atoms with Crippen LogP contribution in [0.1, 0.15) is 24.1 Å². The molecule has 2 aromatic rings. The van der Waals surface area contributed by atoms with Crippen molar-refractivity contribution >= 4 is 17.8 Å². The third kappa shape index (κ3) is 3.43. The van der Waals surface area contributed by atoms with E-state index in [0.29, 0.717) is 0 Å². The van der Waals surface area contributed by atoms with Crippen LogP contribution in [0.25, 0.3) is 0 Å². The lowest BCUT2D eigenvalue weighted by atomic mass is 10.1. The zero-order valence-corrected chi connectivity index (χ0v) is 10.4. The Morgan fingerprint density at radius 1 is 1.00 bits per heavy atom. The maximum Gasteiger partial charge on any atom is 0.0721 e. The summed E-state index contributed by atoms with van der Waals surface area (Å²) in [4.78, 5) is 4.53. The molecule has 0 radical (unpaired) electrons. The van der Waals surface area contributed by atoms with Crippen molar-refractivity contribution in [2.45, 2.75) is 13.0 Å². The smallest absolute Gasteiger partial charge is 0.0721 e. The predicted octanol–water partition coefficient (Wildman–Crippen LogP) is 4.52. The first-order valence-electron chi connectivity index (χ1n) is 5.59. The highest BCUT2D eigenvalue weighted by molar-refractivity contribution is 6.30. The van der Waals surface area contributed by atoms with E-state index in [1.807, 2.05) is 60.8 Å². The SMILES string of the molecule is C[C@@H](N=Cc1ccccc1)c1ccc(Cl)cc1. The normalized spacial score (nSPS) is 12.8. The Balaban J connectivity index is 2.09. The van der Waals surface area contributed by atoms with E-state index < -0.39 is 0 Å². The Hall–Kier alpha value is -1.60. The van der Waals surface area contributed by atoms with Crippen LogP contribution in [-0.4, -0.2) is 6.21 Å². The molecule has 0 saturated carbocycles. The number of rotatable bonds is 3. The van der Waals surface area contributed by atoms with Crippen molar-refractivity contribution in [1.29, 1.82) is 0 Å². The minimum absolute atomic E-state index is 0.146. The second-order valence-electron chi connectivity index (χ2n) is 3.92. The molecule has 1 nitrogen and oxygen atoms in total. The first-order chi connectivity index (χ1) is 8.25. The van der Waals surface area contributed by atoms with Crippen LogP contribution in [0.5, 0.6) is 0 Å². The Bertz CT molecular complexity index is 488. The summed E-state index contributed by atoms with van der Waals surface area (Å²) in [5.41, 5.74) is 2.29. The zero-order valence-electron chi connectivity index (χ0n) is 9.68. The van der Waals surface area contributed by atoms with Gasteiger partial charge in [0, 0.05) is 11.2 Å². The van der Waals surface area contributed by atoms with Crippen molar-refractivity contribution in [3.8, 4) is 0 Å². The van der Waals surface area contributed by atoms with Crippen LogP contribution in [0.2, 0.25) is 5.02 Å². The third-order valence-electron chi connectivity index (χ3n) is 2.60. The second-order valence-corrected chi connectivity index (χ2v) is 4.35. The molecule has 0 aliphatic heterocycles. The number of halogens is 1. The number of hydrogen-bond donors (Lipinski definition) is 0. The second kappa shape index (κ2) is 5.65. The van der Waals surface area contributed by atoms with Crippen molar-refractivity contribution in [3.05, 3.63) is 70.7 Å². The van der Waals surface area contributed by atoms with Gasteiger partial charge < -0.3 is 0 Å². The highest BCUT2D eigenvalue weighted by Crippen LogP contribution is 2.18. The van der Waals surface area contributed by atoms with Crippen LogP contribution < -0.4 is 0 Å². The minimum Gasteiger partial charge on any atom is -0.285 e. The molecule has 2 aromatic carbocycles. The maximum atomic E-state index is 5.85. The van der Waals surface area contributed by atoms with Crippen LogP contribution in [0, 0.1) is 0 Å². The fourth-order valence-electron chi connectivity index (χ4n) is 1.56. The highest BCUT2D eigenvalue weighted by Gasteiger charge is 2.01. The number of benzene rings is 2. The van der Waals surface area contributed by atoms with E-state index in [-0.39, 0.29) is 6.04 Å². The zero-order chi connectivity index (χ0) is 12.1. The third-order valence-corrected chi connectivity index (χ3v) is 2.85. The van der Waals surface area contributed by atoms with Crippen LogP contribution in [0.3, 0.4) is 0 Å². The van der Waals surface area contributed by atoms with Gasteiger partial charge in [0.25, 0.3) is 0 Å². The van der Waals surface area contributed by atoms with E-state index in [0.717, 1.165) is 10.6 Å². The van der Waals surface area contributed by atoms with Gasteiger partial charge in [-0.25, -0.2) is 0 Å². The number of aliphatic imine (C=N–C) groups is 1. The van der Waals surface area contributed by atoms with Crippen molar-refractivity contribution in [3.63, 3.8) is 0 Å². The Labute approximate surface area is 107 Å². The van der Waals surface area contributed by atoms with Crippen molar-refractivity contribution in [2.24, 2.45) is 4.99 Å². The Kier molecular flexibility index (Phi) is 3.94. The molecule has 0 amide bonds. The highest BCUT2D eigenvalue weighted by atomic mass is 35.5. The summed E-state index contributed by atoms with van der Waals surface area (Å²) >= 11 is 5.85. The van der Waals surface area contributed by atoms with E-state index >= 15 is 0 Å². The minimum atomic E-state index is 0.146. The standard InChI is InChI=1S/C15H14ClN/c1-12(14-7-9-15(16)10-8-14)17-11-13-5-3-2-4-6-13/h2-12H,1H3/t12-/m1/s1. The summed E-state index contributed by atoms with van der Waals surface area (Å²) in [6.45, 7) is 2.07.